The molecule has 17 heavy (non-hydrogen) atoms. The summed E-state index contributed by atoms with van der Waals surface area (Å²) in [5.41, 5.74) is 1.03. The second kappa shape index (κ2) is 5.96. The van der Waals surface area contributed by atoms with Crippen molar-refractivity contribution in [3.63, 3.8) is 0 Å². The van der Waals surface area contributed by atoms with Gasteiger partial charge in [0.25, 0.3) is 0 Å². The lowest BCUT2D eigenvalue weighted by Gasteiger charge is -2.25. The summed E-state index contributed by atoms with van der Waals surface area (Å²) in [7, 11) is 1.91. The van der Waals surface area contributed by atoms with Gasteiger partial charge >= 0.3 is 0 Å². The van der Waals surface area contributed by atoms with E-state index in [0.717, 1.165) is 42.8 Å². The zero-order valence-electron chi connectivity index (χ0n) is 10.7. The van der Waals surface area contributed by atoms with Crippen molar-refractivity contribution in [3.05, 3.63) is 17.6 Å². The van der Waals surface area contributed by atoms with Gasteiger partial charge in [-0.2, -0.15) is 4.98 Å². The number of aromatic nitrogens is 2. The summed E-state index contributed by atoms with van der Waals surface area (Å²) in [4.78, 5) is 8.56. The minimum Gasteiger partial charge on any atom is -0.477 e. The lowest BCUT2D eigenvalue weighted by Crippen LogP contribution is -2.16. The molecular formula is C13H21N3O. The normalized spacial score (nSPS) is 15.6. The second-order valence-corrected chi connectivity index (χ2v) is 4.71. The Balaban J connectivity index is 1.89. The van der Waals surface area contributed by atoms with Crippen LogP contribution in [0, 0.1) is 12.8 Å². The molecule has 0 radical (unpaired) electrons. The number of hydrogen-bond donors (Lipinski definition) is 1. The monoisotopic (exact) mass is 235 g/mol. The number of rotatable bonds is 6. The molecule has 94 valence electrons. The number of hydrogen-bond acceptors (Lipinski definition) is 4. The standard InChI is InChI=1S/C13H21N3O/c1-10-15-9-12(8-14-2)13(16-10)17-7-6-11-4-3-5-11/h9,11,14H,3-8H2,1-2H3. The van der Waals surface area contributed by atoms with Crippen molar-refractivity contribution in [2.45, 2.75) is 39.2 Å². The zero-order valence-corrected chi connectivity index (χ0v) is 10.7. The molecule has 4 heteroatoms. The van der Waals surface area contributed by atoms with Gasteiger partial charge in [-0.25, -0.2) is 4.98 Å². The number of aryl methyl sites for hydroxylation is 1. The van der Waals surface area contributed by atoms with Gasteiger partial charge in [-0.15, -0.1) is 0 Å². The van der Waals surface area contributed by atoms with Gasteiger partial charge in [0.1, 0.15) is 5.82 Å². The highest BCUT2D eigenvalue weighted by molar-refractivity contribution is 5.23. The maximum atomic E-state index is 5.79. The molecular weight excluding hydrogens is 214 g/mol. The largest absolute Gasteiger partial charge is 0.477 e. The molecule has 1 fully saturated rings. The fourth-order valence-corrected chi connectivity index (χ4v) is 2.01. The first-order chi connectivity index (χ1) is 8.29. The van der Waals surface area contributed by atoms with E-state index in [1.165, 1.54) is 19.3 Å². The lowest BCUT2D eigenvalue weighted by molar-refractivity contribution is 0.215. The molecule has 0 atom stereocenters. The van der Waals surface area contributed by atoms with Gasteiger partial charge in [0.2, 0.25) is 5.88 Å². The average Bonchev–Trinajstić information content (AvgIpc) is 2.25. The Morgan fingerprint density at radius 1 is 1.47 bits per heavy atom. The van der Waals surface area contributed by atoms with E-state index in [1.54, 1.807) is 0 Å². The molecule has 1 heterocycles. The summed E-state index contributed by atoms with van der Waals surface area (Å²) < 4.78 is 5.79. The van der Waals surface area contributed by atoms with Crippen LogP contribution in [0.3, 0.4) is 0 Å². The maximum absolute atomic E-state index is 5.79. The van der Waals surface area contributed by atoms with Crippen LogP contribution < -0.4 is 10.1 Å². The highest BCUT2D eigenvalue weighted by Gasteiger charge is 2.17. The molecule has 0 aliphatic heterocycles. The minimum absolute atomic E-state index is 0.742. The Kier molecular flexibility index (Phi) is 4.31. The van der Waals surface area contributed by atoms with Crippen molar-refractivity contribution < 1.29 is 4.74 Å². The van der Waals surface area contributed by atoms with Crippen LogP contribution in [0.2, 0.25) is 0 Å². The second-order valence-electron chi connectivity index (χ2n) is 4.71. The highest BCUT2D eigenvalue weighted by atomic mass is 16.5. The van der Waals surface area contributed by atoms with Crippen molar-refractivity contribution in [1.82, 2.24) is 15.3 Å². The fraction of sp³-hybridized carbons (Fsp3) is 0.692. The molecule has 0 unspecified atom stereocenters. The predicted octanol–water partition coefficient (Wildman–Crippen LogP) is 2.07. The van der Waals surface area contributed by atoms with Gasteiger partial charge in [0.15, 0.2) is 0 Å². The highest BCUT2D eigenvalue weighted by Crippen LogP contribution is 2.29. The third-order valence-electron chi connectivity index (χ3n) is 3.30. The first-order valence-electron chi connectivity index (χ1n) is 6.39. The van der Waals surface area contributed by atoms with Crippen molar-refractivity contribution in [2.75, 3.05) is 13.7 Å². The maximum Gasteiger partial charge on any atom is 0.221 e. The van der Waals surface area contributed by atoms with Crippen LogP contribution in [0.15, 0.2) is 6.20 Å². The summed E-state index contributed by atoms with van der Waals surface area (Å²) in [5, 5.41) is 3.11. The van der Waals surface area contributed by atoms with E-state index in [0.29, 0.717) is 0 Å². The predicted molar refractivity (Wildman–Crippen MR) is 67.0 cm³/mol. The molecule has 0 spiro atoms. The van der Waals surface area contributed by atoms with Crippen LogP contribution in [-0.4, -0.2) is 23.6 Å². The molecule has 1 N–H and O–H groups in total. The fourth-order valence-electron chi connectivity index (χ4n) is 2.01. The van der Waals surface area contributed by atoms with Crippen LogP contribution >= 0.6 is 0 Å². The van der Waals surface area contributed by atoms with Crippen LogP contribution in [-0.2, 0) is 6.54 Å². The van der Waals surface area contributed by atoms with E-state index in [2.05, 4.69) is 15.3 Å². The van der Waals surface area contributed by atoms with Gasteiger partial charge in [-0.3, -0.25) is 0 Å². The van der Waals surface area contributed by atoms with Crippen LogP contribution in [0.4, 0.5) is 0 Å². The third kappa shape index (κ3) is 3.40. The van der Waals surface area contributed by atoms with Gasteiger partial charge in [-0.1, -0.05) is 19.3 Å². The van der Waals surface area contributed by atoms with Crippen molar-refractivity contribution in [1.29, 1.82) is 0 Å². The molecule has 0 amide bonds. The summed E-state index contributed by atoms with van der Waals surface area (Å²) in [6.07, 6.45) is 7.13. The number of nitrogens with zero attached hydrogens (tertiary/aromatic N) is 2. The van der Waals surface area contributed by atoms with E-state index in [4.69, 9.17) is 4.74 Å². The van der Waals surface area contributed by atoms with E-state index in [9.17, 15) is 0 Å². The first kappa shape index (κ1) is 12.3. The molecule has 1 aliphatic carbocycles. The molecule has 0 bridgehead atoms. The summed E-state index contributed by atoms with van der Waals surface area (Å²) in [5.74, 6) is 2.39. The molecule has 0 aromatic carbocycles. The van der Waals surface area contributed by atoms with Gasteiger partial charge in [0, 0.05) is 18.3 Å². The average molecular weight is 235 g/mol. The molecule has 0 saturated heterocycles. The van der Waals surface area contributed by atoms with Gasteiger partial charge in [0.05, 0.1) is 6.61 Å². The van der Waals surface area contributed by atoms with E-state index >= 15 is 0 Å². The Morgan fingerprint density at radius 2 is 2.29 bits per heavy atom. The summed E-state index contributed by atoms with van der Waals surface area (Å²) in [6, 6.07) is 0. The van der Waals surface area contributed by atoms with Crippen molar-refractivity contribution in [3.8, 4) is 5.88 Å². The van der Waals surface area contributed by atoms with E-state index < -0.39 is 0 Å². The Hall–Kier alpha value is -1.16. The lowest BCUT2D eigenvalue weighted by atomic mass is 9.83. The Morgan fingerprint density at radius 3 is 2.94 bits per heavy atom. The van der Waals surface area contributed by atoms with E-state index in [-0.39, 0.29) is 0 Å². The molecule has 1 aliphatic rings. The van der Waals surface area contributed by atoms with Gasteiger partial charge < -0.3 is 10.1 Å². The van der Waals surface area contributed by atoms with Crippen molar-refractivity contribution in [2.24, 2.45) is 5.92 Å². The number of ether oxygens (including phenoxy) is 1. The van der Waals surface area contributed by atoms with Crippen LogP contribution in [0.1, 0.15) is 37.1 Å². The minimum atomic E-state index is 0.742. The quantitative estimate of drug-likeness (QED) is 0.820. The summed E-state index contributed by atoms with van der Waals surface area (Å²) in [6.45, 7) is 3.42. The molecule has 1 aromatic heterocycles. The topological polar surface area (TPSA) is 47.0 Å². The number of nitrogens with one attached hydrogen (secondary N) is 1. The van der Waals surface area contributed by atoms with Gasteiger partial charge in [-0.05, 0) is 26.3 Å². The molecule has 4 nitrogen and oxygen atoms in total. The van der Waals surface area contributed by atoms with Crippen LogP contribution in [0.25, 0.3) is 0 Å². The summed E-state index contributed by atoms with van der Waals surface area (Å²) >= 11 is 0. The Labute approximate surface area is 103 Å². The first-order valence-corrected chi connectivity index (χ1v) is 6.39. The third-order valence-corrected chi connectivity index (χ3v) is 3.30. The van der Waals surface area contributed by atoms with Crippen LogP contribution in [0.5, 0.6) is 5.88 Å². The van der Waals surface area contributed by atoms with Crippen molar-refractivity contribution >= 4 is 0 Å². The Bertz CT molecular complexity index is 364. The SMILES string of the molecule is CNCc1cnc(C)nc1OCCC1CCC1. The van der Waals surface area contributed by atoms with E-state index in [1.807, 2.05) is 20.2 Å². The smallest absolute Gasteiger partial charge is 0.221 e. The molecule has 1 aromatic rings. The molecule has 1 saturated carbocycles. The zero-order chi connectivity index (χ0) is 12.1. The molecule has 2 rings (SSSR count).